The fourth-order valence-electron chi connectivity index (χ4n) is 6.53. The molecule has 0 bridgehead atoms. The van der Waals surface area contributed by atoms with Crippen molar-refractivity contribution in [1.29, 1.82) is 0 Å². The van der Waals surface area contributed by atoms with Crippen LogP contribution in [-0.2, 0) is 29.7 Å². The van der Waals surface area contributed by atoms with Crippen LogP contribution in [0.2, 0.25) is 0 Å². The number of fused-ring (bicyclic) bond motifs is 1. The Kier molecular flexibility index (Phi) is 7.62. The third kappa shape index (κ3) is 4.86. The Morgan fingerprint density at radius 2 is 0.773 bits per heavy atom. The Hall–Kier alpha value is -3.83. The molecule has 2 atom stereocenters. The van der Waals surface area contributed by atoms with Crippen LogP contribution in [0.5, 0.6) is 0 Å². The Bertz CT molecular complexity index is 1490. The molecule has 2 fully saturated rings. The van der Waals surface area contributed by atoms with Gasteiger partial charge in [-0.2, -0.15) is 0 Å². The summed E-state index contributed by atoms with van der Waals surface area (Å²) >= 11 is 0. The number of ether oxygens (including phenoxy) is 2. The van der Waals surface area contributed by atoms with Crippen LogP contribution in [0.25, 0.3) is 0 Å². The lowest BCUT2D eigenvalue weighted by Gasteiger charge is -2.41. The summed E-state index contributed by atoms with van der Waals surface area (Å²) in [5.74, 6) is -0.920. The van der Waals surface area contributed by atoms with Gasteiger partial charge in [0.15, 0.2) is 17.0 Å². The van der Waals surface area contributed by atoms with E-state index in [1.165, 1.54) is 0 Å². The molecule has 7 rings (SSSR count). The monoisotopic (exact) mass is 601 g/mol. The Morgan fingerprint density at radius 3 is 1.09 bits per heavy atom. The molecule has 2 heterocycles. The summed E-state index contributed by atoms with van der Waals surface area (Å²) < 4.78 is 31.3. The van der Waals surface area contributed by atoms with E-state index in [1.807, 2.05) is 63.4 Å². The fourth-order valence-corrected chi connectivity index (χ4v) is 8.26. The summed E-state index contributed by atoms with van der Waals surface area (Å²) in [6, 6.07) is 51.7. The number of hydrogen-bond acceptors (Lipinski definition) is 5. The average molecular weight is 602 g/mol. The third-order valence-electron chi connectivity index (χ3n) is 8.53. The average Bonchev–Trinajstić information content (AvgIpc) is 3.36. The zero-order valence-electron chi connectivity index (χ0n) is 25.1. The van der Waals surface area contributed by atoms with Crippen molar-refractivity contribution in [2.45, 2.75) is 43.0 Å². The van der Waals surface area contributed by atoms with Gasteiger partial charge in [-0.25, -0.2) is 0 Å². The Morgan fingerprint density at radius 1 is 0.477 bits per heavy atom. The second kappa shape index (κ2) is 11.6. The van der Waals surface area contributed by atoms with Gasteiger partial charge in [0, 0.05) is 12.7 Å². The lowest BCUT2D eigenvalue weighted by molar-refractivity contribution is -0.174. The van der Waals surface area contributed by atoms with Crippen molar-refractivity contribution in [1.82, 2.24) is 0 Å². The van der Waals surface area contributed by atoms with Gasteiger partial charge in [0.2, 0.25) is 0 Å². The van der Waals surface area contributed by atoms with Crippen LogP contribution < -0.4 is 4.67 Å². The van der Waals surface area contributed by atoms with Crippen LogP contribution in [0.4, 0.5) is 5.69 Å². The molecular weight excluding hydrogens is 565 g/mol. The van der Waals surface area contributed by atoms with E-state index in [2.05, 4.69) is 114 Å². The highest BCUT2D eigenvalue weighted by Crippen LogP contribution is 2.65. The normalized spacial score (nSPS) is 22.1. The van der Waals surface area contributed by atoms with E-state index in [-0.39, 0.29) is 0 Å². The summed E-state index contributed by atoms with van der Waals surface area (Å²) in [6.45, 7) is 3.95. The first kappa shape index (κ1) is 28.9. The van der Waals surface area contributed by atoms with Crippen molar-refractivity contribution in [2.75, 3.05) is 11.7 Å². The summed E-state index contributed by atoms with van der Waals surface area (Å²) in [5, 5.41) is 0. The molecular formula is C38H36NO4P. The maximum absolute atomic E-state index is 7.56. The maximum atomic E-state index is 7.56. The number of hydrogen-bond donors (Lipinski definition) is 0. The molecule has 222 valence electrons. The van der Waals surface area contributed by atoms with E-state index in [4.69, 9.17) is 18.5 Å². The zero-order valence-corrected chi connectivity index (χ0v) is 26.0. The molecule has 0 radical (unpaired) electrons. The van der Waals surface area contributed by atoms with Gasteiger partial charge >= 0.3 is 0 Å². The first-order valence-corrected chi connectivity index (χ1v) is 16.1. The SMILES string of the molecule is CN(c1ccccc1)P1OC(c2ccccc2)(c2ccccc2)[C@@H]2OC(C)(C)O[C@H]2C(c2ccccc2)(c2ccccc2)O1. The smallest absolute Gasteiger partial charge is 0.292 e. The van der Waals surface area contributed by atoms with Gasteiger partial charge in [-0.15, -0.1) is 0 Å². The molecule has 0 N–H and O–H groups in total. The molecule has 5 aromatic carbocycles. The topological polar surface area (TPSA) is 40.2 Å². The molecule has 5 aromatic rings. The predicted molar refractivity (Wildman–Crippen MR) is 175 cm³/mol. The number of rotatable bonds is 6. The molecule has 0 unspecified atom stereocenters. The number of para-hydroxylation sites is 1. The molecule has 2 saturated heterocycles. The van der Waals surface area contributed by atoms with E-state index in [9.17, 15) is 0 Å². The van der Waals surface area contributed by atoms with Gasteiger partial charge in [-0.05, 0) is 48.2 Å². The standard InChI is InChI=1S/C38H36NO4P/c1-36(2)40-34-35(41-36)38(31-23-13-6-14-24-31,32-25-15-7-16-26-32)43-44(39(3)33-27-17-8-18-28-33)42-37(34,29-19-9-4-10-20-29)30-21-11-5-12-22-30/h4-28,34-35H,1-3H3/t34-,35-/m1/s1. The lowest BCUT2D eigenvalue weighted by atomic mass is 9.72. The van der Waals surface area contributed by atoms with E-state index in [1.54, 1.807) is 0 Å². The lowest BCUT2D eigenvalue weighted by Crippen LogP contribution is -2.53. The van der Waals surface area contributed by atoms with Crippen molar-refractivity contribution in [3.05, 3.63) is 174 Å². The first-order chi connectivity index (χ1) is 21.4. The zero-order chi connectivity index (χ0) is 30.2. The molecule has 0 saturated carbocycles. The molecule has 0 aromatic heterocycles. The minimum Gasteiger partial charge on any atom is -0.341 e. The van der Waals surface area contributed by atoms with E-state index < -0.39 is 37.7 Å². The van der Waals surface area contributed by atoms with Crippen LogP contribution in [0.1, 0.15) is 36.1 Å². The largest absolute Gasteiger partial charge is 0.341 e. The molecule has 2 aliphatic heterocycles. The van der Waals surface area contributed by atoms with Gasteiger partial charge in [0.1, 0.15) is 12.2 Å². The molecule has 0 spiro atoms. The van der Waals surface area contributed by atoms with E-state index >= 15 is 0 Å². The molecule has 44 heavy (non-hydrogen) atoms. The van der Waals surface area contributed by atoms with Gasteiger partial charge < -0.3 is 14.1 Å². The van der Waals surface area contributed by atoms with Crippen LogP contribution in [-0.4, -0.2) is 25.0 Å². The van der Waals surface area contributed by atoms with Crippen LogP contribution >= 0.6 is 8.53 Å². The quantitative estimate of drug-likeness (QED) is 0.182. The van der Waals surface area contributed by atoms with E-state index in [0.29, 0.717) is 0 Å². The highest BCUT2D eigenvalue weighted by molar-refractivity contribution is 7.49. The number of anilines is 1. The summed E-state index contributed by atoms with van der Waals surface area (Å²) in [5.41, 5.74) is 2.70. The highest BCUT2D eigenvalue weighted by atomic mass is 31.2. The second-order valence-electron chi connectivity index (χ2n) is 11.7. The van der Waals surface area contributed by atoms with Crippen molar-refractivity contribution in [2.24, 2.45) is 0 Å². The number of nitrogens with zero attached hydrogens (tertiary/aromatic N) is 1. The van der Waals surface area contributed by atoms with Crippen LogP contribution in [0.15, 0.2) is 152 Å². The van der Waals surface area contributed by atoms with Crippen molar-refractivity contribution in [3.63, 3.8) is 0 Å². The van der Waals surface area contributed by atoms with Gasteiger partial charge in [0.05, 0.1) is 0 Å². The van der Waals surface area contributed by atoms with Gasteiger partial charge in [0.25, 0.3) is 8.53 Å². The van der Waals surface area contributed by atoms with E-state index in [0.717, 1.165) is 27.9 Å². The third-order valence-corrected chi connectivity index (χ3v) is 10.1. The molecule has 2 aliphatic rings. The van der Waals surface area contributed by atoms with Crippen molar-refractivity contribution in [3.8, 4) is 0 Å². The van der Waals surface area contributed by atoms with Gasteiger partial charge in [-0.3, -0.25) is 9.05 Å². The molecule has 0 amide bonds. The summed E-state index contributed by atoms with van der Waals surface area (Å²) in [4.78, 5) is 0. The molecule has 5 nitrogen and oxygen atoms in total. The first-order valence-electron chi connectivity index (χ1n) is 15.0. The highest BCUT2D eigenvalue weighted by Gasteiger charge is 2.67. The number of benzene rings is 5. The van der Waals surface area contributed by atoms with Gasteiger partial charge in [-0.1, -0.05) is 140 Å². The maximum Gasteiger partial charge on any atom is 0.292 e. The molecule has 0 aliphatic carbocycles. The van der Waals surface area contributed by atoms with Crippen LogP contribution in [0.3, 0.4) is 0 Å². The Labute approximate surface area is 261 Å². The molecule has 6 heteroatoms. The van der Waals surface area contributed by atoms with Crippen LogP contribution in [0, 0.1) is 0 Å². The Balaban J connectivity index is 1.57. The van der Waals surface area contributed by atoms with Crippen molar-refractivity contribution >= 4 is 14.2 Å². The minimum absolute atomic E-state index is 0.598. The minimum atomic E-state index is -1.79. The van der Waals surface area contributed by atoms with Crippen molar-refractivity contribution < 1.29 is 18.5 Å². The summed E-state index contributed by atoms with van der Waals surface area (Å²) in [6.07, 6.45) is -1.20. The second-order valence-corrected chi connectivity index (χ2v) is 13.1. The predicted octanol–water partition coefficient (Wildman–Crippen LogP) is 8.80. The fraction of sp³-hybridized carbons (Fsp3) is 0.211. The summed E-state index contributed by atoms with van der Waals surface area (Å²) in [7, 11) is 0.248.